The molecule has 7 nitrogen and oxygen atoms in total. The van der Waals surface area contributed by atoms with Gasteiger partial charge < -0.3 is 14.0 Å². The van der Waals surface area contributed by atoms with Gasteiger partial charge in [-0.1, -0.05) is 5.16 Å². The van der Waals surface area contributed by atoms with Crippen LogP contribution in [-0.4, -0.2) is 39.1 Å². The maximum atomic E-state index is 12.0. The highest BCUT2D eigenvalue weighted by Crippen LogP contribution is 2.26. The van der Waals surface area contributed by atoms with E-state index in [-0.39, 0.29) is 11.7 Å². The van der Waals surface area contributed by atoms with Crippen molar-refractivity contribution in [1.29, 1.82) is 0 Å². The van der Waals surface area contributed by atoms with Gasteiger partial charge in [-0.25, -0.2) is 12.7 Å². The molecule has 1 aliphatic heterocycles. The molecule has 134 valence electrons. The molecule has 8 heteroatoms. The number of ether oxygens (including phenoxy) is 1. The summed E-state index contributed by atoms with van der Waals surface area (Å²) in [6, 6.07) is 8.88. The van der Waals surface area contributed by atoms with Gasteiger partial charge >= 0.3 is 0 Å². The van der Waals surface area contributed by atoms with E-state index in [9.17, 15) is 8.42 Å². The van der Waals surface area contributed by atoms with Crippen LogP contribution in [0.3, 0.4) is 0 Å². The number of benzene rings is 1. The molecule has 1 aromatic heterocycles. The number of nitrogens with zero attached hydrogens (tertiary/aromatic N) is 2. The van der Waals surface area contributed by atoms with Crippen LogP contribution in [0, 0.1) is 0 Å². The summed E-state index contributed by atoms with van der Waals surface area (Å²) < 4.78 is 35.8. The van der Waals surface area contributed by atoms with E-state index in [1.165, 1.54) is 20.2 Å². The van der Waals surface area contributed by atoms with Gasteiger partial charge in [-0.3, -0.25) is 0 Å². The third-order valence-corrected chi connectivity index (χ3v) is 5.58. The first kappa shape index (κ1) is 17.5. The predicted molar refractivity (Wildman–Crippen MR) is 92.2 cm³/mol. The summed E-state index contributed by atoms with van der Waals surface area (Å²) >= 11 is 0. The Kier molecular flexibility index (Phi) is 4.82. The minimum Gasteiger partial charge on any atom is -0.493 e. The number of oxime groups is 1. The molecule has 0 spiro atoms. The molecule has 0 atom stereocenters. The minimum absolute atomic E-state index is 0.0499. The highest BCUT2D eigenvalue weighted by molar-refractivity contribution is 7.88. The van der Waals surface area contributed by atoms with Crippen LogP contribution in [0.15, 0.2) is 45.0 Å². The number of hydrogen-bond acceptors (Lipinski definition) is 6. The van der Waals surface area contributed by atoms with Crippen molar-refractivity contribution < 1.29 is 22.4 Å². The highest BCUT2D eigenvalue weighted by Gasteiger charge is 2.21. The lowest BCUT2D eigenvalue weighted by molar-refractivity contribution is 0.111. The Hall–Kier alpha value is -2.32. The Morgan fingerprint density at radius 1 is 1.28 bits per heavy atom. The van der Waals surface area contributed by atoms with Crippen molar-refractivity contribution in [1.82, 2.24) is 4.31 Å². The van der Waals surface area contributed by atoms with Gasteiger partial charge in [0.2, 0.25) is 5.09 Å². The Morgan fingerprint density at radius 3 is 2.84 bits per heavy atom. The maximum Gasteiger partial charge on any atom is 0.275 e. The fourth-order valence-electron chi connectivity index (χ4n) is 2.41. The molecule has 0 saturated heterocycles. The van der Waals surface area contributed by atoms with E-state index in [2.05, 4.69) is 5.16 Å². The molecule has 0 saturated carbocycles. The Labute approximate surface area is 146 Å². The third-order valence-electron chi connectivity index (χ3n) is 3.89. The van der Waals surface area contributed by atoms with Crippen molar-refractivity contribution in [2.24, 2.45) is 5.16 Å². The standard InChI is InChI=1S/C17H20N2O5S/c1-12(13-4-6-16-14(10-13)8-9-22-16)18-23-11-15-5-7-17(24-15)25(20,21)19(2)3/h4-7,10H,8-9,11H2,1-3H3/b18-12+. The van der Waals surface area contributed by atoms with Gasteiger partial charge in [0, 0.05) is 20.5 Å². The van der Waals surface area contributed by atoms with E-state index in [4.69, 9.17) is 14.0 Å². The van der Waals surface area contributed by atoms with Crippen LogP contribution in [0.4, 0.5) is 0 Å². The van der Waals surface area contributed by atoms with Gasteiger partial charge in [-0.15, -0.1) is 0 Å². The zero-order chi connectivity index (χ0) is 18.0. The second-order valence-electron chi connectivity index (χ2n) is 5.88. The van der Waals surface area contributed by atoms with E-state index in [1.54, 1.807) is 6.07 Å². The zero-order valence-electron chi connectivity index (χ0n) is 14.4. The van der Waals surface area contributed by atoms with E-state index in [0.29, 0.717) is 12.4 Å². The molecule has 0 unspecified atom stereocenters. The molecular formula is C17H20N2O5S. The number of sulfonamides is 1. The molecule has 25 heavy (non-hydrogen) atoms. The average molecular weight is 364 g/mol. The van der Waals surface area contributed by atoms with E-state index >= 15 is 0 Å². The first-order chi connectivity index (χ1) is 11.9. The smallest absolute Gasteiger partial charge is 0.275 e. The van der Waals surface area contributed by atoms with Gasteiger partial charge in [0.05, 0.1) is 12.3 Å². The van der Waals surface area contributed by atoms with Crippen molar-refractivity contribution in [3.63, 3.8) is 0 Å². The predicted octanol–water partition coefficient (Wildman–Crippen LogP) is 2.41. The lowest BCUT2D eigenvalue weighted by atomic mass is 10.1. The van der Waals surface area contributed by atoms with Crippen LogP contribution in [0.2, 0.25) is 0 Å². The van der Waals surface area contributed by atoms with Crippen LogP contribution in [0.5, 0.6) is 5.75 Å². The maximum absolute atomic E-state index is 12.0. The lowest BCUT2D eigenvalue weighted by Crippen LogP contribution is -2.21. The van der Waals surface area contributed by atoms with Gasteiger partial charge in [-0.05, 0) is 48.4 Å². The fraction of sp³-hybridized carbons (Fsp3) is 0.353. The van der Waals surface area contributed by atoms with Crippen LogP contribution in [0.1, 0.15) is 23.8 Å². The van der Waals surface area contributed by atoms with Crippen LogP contribution in [-0.2, 0) is 27.9 Å². The average Bonchev–Trinajstić information content (AvgIpc) is 3.23. The molecule has 3 rings (SSSR count). The molecule has 2 heterocycles. The van der Waals surface area contributed by atoms with Crippen molar-refractivity contribution in [2.75, 3.05) is 20.7 Å². The van der Waals surface area contributed by atoms with Crippen LogP contribution < -0.4 is 4.74 Å². The molecule has 0 radical (unpaired) electrons. The SMILES string of the molecule is C/C(=N\OCc1ccc(S(=O)(=O)N(C)C)o1)c1ccc2c(c1)CCO2. The first-order valence-electron chi connectivity index (χ1n) is 7.82. The summed E-state index contributed by atoms with van der Waals surface area (Å²) in [7, 11) is -0.687. The first-order valence-corrected chi connectivity index (χ1v) is 9.26. The molecule has 2 aromatic rings. The van der Waals surface area contributed by atoms with Crippen molar-refractivity contribution in [3.8, 4) is 5.75 Å². The van der Waals surface area contributed by atoms with Gasteiger partial charge in [0.25, 0.3) is 10.0 Å². The number of fused-ring (bicyclic) bond motifs is 1. The van der Waals surface area contributed by atoms with Crippen LogP contribution >= 0.6 is 0 Å². The molecule has 1 aliphatic rings. The highest BCUT2D eigenvalue weighted by atomic mass is 32.2. The van der Waals surface area contributed by atoms with Crippen LogP contribution in [0.25, 0.3) is 0 Å². The molecule has 0 fully saturated rings. The number of furan rings is 1. The third kappa shape index (κ3) is 3.69. The topological polar surface area (TPSA) is 81.3 Å². The molecule has 0 aliphatic carbocycles. The molecule has 1 aromatic carbocycles. The minimum atomic E-state index is -3.58. The molecular weight excluding hydrogens is 344 g/mol. The number of hydrogen-bond donors (Lipinski definition) is 0. The Morgan fingerprint density at radius 2 is 2.08 bits per heavy atom. The van der Waals surface area contributed by atoms with Crippen molar-refractivity contribution >= 4 is 15.7 Å². The molecule has 0 amide bonds. The fourth-order valence-corrected chi connectivity index (χ4v) is 3.22. The van der Waals surface area contributed by atoms with Gasteiger partial charge in [-0.2, -0.15) is 0 Å². The summed E-state index contributed by atoms with van der Waals surface area (Å²) in [5, 5.41) is 3.96. The Balaban J connectivity index is 1.64. The lowest BCUT2D eigenvalue weighted by Gasteiger charge is -2.07. The second kappa shape index (κ2) is 6.89. The quantitative estimate of drug-likeness (QED) is 0.581. The van der Waals surface area contributed by atoms with E-state index in [1.807, 2.05) is 25.1 Å². The molecule has 0 N–H and O–H groups in total. The monoisotopic (exact) mass is 364 g/mol. The Bertz CT molecular complexity index is 900. The number of rotatable bonds is 6. The summed E-state index contributed by atoms with van der Waals surface area (Å²) in [5.74, 6) is 1.31. The summed E-state index contributed by atoms with van der Waals surface area (Å²) in [6.45, 7) is 2.61. The summed E-state index contributed by atoms with van der Waals surface area (Å²) in [6.07, 6.45) is 0.896. The summed E-state index contributed by atoms with van der Waals surface area (Å²) in [4.78, 5) is 5.30. The van der Waals surface area contributed by atoms with Crippen molar-refractivity contribution in [3.05, 3.63) is 47.2 Å². The molecule has 0 bridgehead atoms. The van der Waals surface area contributed by atoms with Gasteiger partial charge in [0.1, 0.15) is 11.5 Å². The van der Waals surface area contributed by atoms with Crippen molar-refractivity contribution in [2.45, 2.75) is 25.0 Å². The zero-order valence-corrected chi connectivity index (χ0v) is 15.2. The second-order valence-corrected chi connectivity index (χ2v) is 7.96. The van der Waals surface area contributed by atoms with Gasteiger partial charge in [0.15, 0.2) is 6.61 Å². The summed E-state index contributed by atoms with van der Waals surface area (Å²) in [5.41, 5.74) is 2.85. The largest absolute Gasteiger partial charge is 0.493 e. The van der Waals surface area contributed by atoms with E-state index < -0.39 is 10.0 Å². The normalized spacial score (nSPS) is 14.5. The van der Waals surface area contributed by atoms with E-state index in [0.717, 1.165) is 33.3 Å².